The number of hydrogen-bond donors (Lipinski definition) is 2. The summed E-state index contributed by atoms with van der Waals surface area (Å²) < 4.78 is 3.92. The Hall–Kier alpha value is -2.81. The van der Waals surface area contributed by atoms with Gasteiger partial charge in [-0.15, -0.1) is 0 Å². The number of nitrogen functional groups attached to an aromatic ring is 1. The second-order valence-corrected chi connectivity index (χ2v) is 10.1. The summed E-state index contributed by atoms with van der Waals surface area (Å²) in [4.78, 5) is 18.2. The van der Waals surface area contributed by atoms with Crippen LogP contribution in [0.15, 0.2) is 17.1 Å². The van der Waals surface area contributed by atoms with Crippen molar-refractivity contribution in [3.8, 4) is 11.3 Å². The lowest BCUT2D eigenvalue weighted by molar-refractivity contribution is 0.315. The zero-order valence-electron chi connectivity index (χ0n) is 19.1. The highest BCUT2D eigenvalue weighted by molar-refractivity contribution is 5.97. The van der Waals surface area contributed by atoms with Gasteiger partial charge < -0.3 is 20.1 Å². The van der Waals surface area contributed by atoms with Crippen molar-refractivity contribution in [1.82, 2.24) is 29.4 Å². The van der Waals surface area contributed by atoms with Gasteiger partial charge in [0.15, 0.2) is 5.82 Å². The van der Waals surface area contributed by atoms with Crippen LogP contribution in [-0.2, 0) is 7.05 Å². The number of pyridine rings is 1. The summed E-state index contributed by atoms with van der Waals surface area (Å²) in [6.45, 7) is 2.00. The molecule has 1 aliphatic heterocycles. The molecule has 1 atom stereocenters. The fourth-order valence-corrected chi connectivity index (χ4v) is 5.55. The van der Waals surface area contributed by atoms with E-state index in [1.54, 1.807) is 0 Å². The Morgan fingerprint density at radius 2 is 1.91 bits per heavy atom. The van der Waals surface area contributed by atoms with Gasteiger partial charge in [0, 0.05) is 50.0 Å². The number of rotatable bonds is 6. The van der Waals surface area contributed by atoms with Crippen LogP contribution in [0.4, 0.5) is 11.6 Å². The SMILES string of the molecule is CN(C)[C@H]1CCN(c2cc(-c3cn(C(C4CC4)C4CC4)c(=O)c4c(N)n[nH]c34)nn2C)C1. The van der Waals surface area contributed by atoms with Gasteiger partial charge in [-0.25, -0.2) is 0 Å². The predicted molar refractivity (Wildman–Crippen MR) is 126 cm³/mol. The van der Waals surface area contributed by atoms with E-state index < -0.39 is 0 Å². The molecule has 170 valence electrons. The number of likely N-dealkylation sites (N-methyl/N-ethyl adjacent to an activating group) is 1. The van der Waals surface area contributed by atoms with Crippen LogP contribution in [0.1, 0.15) is 38.1 Å². The van der Waals surface area contributed by atoms with Crippen LogP contribution in [-0.4, -0.2) is 62.7 Å². The molecule has 3 aliphatic rings. The molecule has 0 radical (unpaired) electrons. The third kappa shape index (κ3) is 3.13. The standard InChI is InChI=1S/C23H32N8O/c1-28(2)15-8-9-30(11-15)18-10-17(27-29(18)3)16-12-31(21(13-4-5-13)14-6-7-14)23(32)19-20(16)25-26-22(19)24/h10,12-15,21H,4-9,11H2,1-3H3,(H3,24,25,26)/t15-/m0/s1. The van der Waals surface area contributed by atoms with E-state index >= 15 is 0 Å². The van der Waals surface area contributed by atoms with Gasteiger partial charge >= 0.3 is 0 Å². The fourth-order valence-electron chi connectivity index (χ4n) is 5.55. The van der Waals surface area contributed by atoms with Gasteiger partial charge in [0.2, 0.25) is 0 Å². The normalized spacial score (nSPS) is 21.5. The highest BCUT2D eigenvalue weighted by Crippen LogP contribution is 2.52. The summed E-state index contributed by atoms with van der Waals surface area (Å²) in [6.07, 6.45) is 7.98. The maximum Gasteiger partial charge on any atom is 0.264 e. The largest absolute Gasteiger partial charge is 0.382 e. The maximum atomic E-state index is 13.5. The molecule has 32 heavy (non-hydrogen) atoms. The Kier molecular flexibility index (Phi) is 4.40. The Morgan fingerprint density at radius 3 is 2.53 bits per heavy atom. The van der Waals surface area contributed by atoms with Gasteiger partial charge in [-0.1, -0.05) is 0 Å². The van der Waals surface area contributed by atoms with E-state index in [2.05, 4.69) is 40.2 Å². The molecule has 9 nitrogen and oxygen atoms in total. The van der Waals surface area contributed by atoms with Gasteiger partial charge in [0.25, 0.3) is 5.56 Å². The molecule has 0 bridgehead atoms. The van der Waals surface area contributed by atoms with Crippen LogP contribution < -0.4 is 16.2 Å². The summed E-state index contributed by atoms with van der Waals surface area (Å²) >= 11 is 0. The molecular weight excluding hydrogens is 404 g/mol. The fraction of sp³-hybridized carbons (Fsp3) is 0.609. The summed E-state index contributed by atoms with van der Waals surface area (Å²) in [5.74, 6) is 2.58. The lowest BCUT2D eigenvalue weighted by Gasteiger charge is -2.21. The molecule has 1 saturated heterocycles. The van der Waals surface area contributed by atoms with Crippen LogP contribution >= 0.6 is 0 Å². The number of hydrogen-bond acceptors (Lipinski definition) is 6. The van der Waals surface area contributed by atoms with Crippen molar-refractivity contribution in [2.24, 2.45) is 18.9 Å². The van der Waals surface area contributed by atoms with E-state index in [-0.39, 0.29) is 17.4 Å². The number of anilines is 2. The number of aryl methyl sites for hydroxylation is 1. The number of nitrogens with two attached hydrogens (primary N) is 1. The molecule has 9 heteroatoms. The smallest absolute Gasteiger partial charge is 0.264 e. The van der Waals surface area contributed by atoms with E-state index in [4.69, 9.17) is 10.8 Å². The second kappa shape index (κ2) is 7.10. The van der Waals surface area contributed by atoms with Crippen molar-refractivity contribution in [3.05, 3.63) is 22.6 Å². The number of nitrogens with one attached hydrogen (secondary N) is 1. The Balaban J connectivity index is 1.46. The number of H-pyrrole nitrogens is 1. The molecule has 6 rings (SSSR count). The average Bonchev–Trinajstić information content (AvgIpc) is 3.65. The molecule has 0 unspecified atom stereocenters. The first kappa shape index (κ1) is 19.8. The van der Waals surface area contributed by atoms with Gasteiger partial charge in [-0.05, 0) is 58.0 Å². The van der Waals surface area contributed by atoms with Gasteiger partial charge in [-0.2, -0.15) is 10.2 Å². The maximum absolute atomic E-state index is 13.5. The minimum atomic E-state index is -0.0247. The minimum Gasteiger partial charge on any atom is -0.382 e. The van der Waals surface area contributed by atoms with Crippen LogP contribution in [0.2, 0.25) is 0 Å². The average molecular weight is 437 g/mol. The molecule has 0 aromatic carbocycles. The Bertz CT molecular complexity index is 1220. The molecule has 2 saturated carbocycles. The highest BCUT2D eigenvalue weighted by Gasteiger charge is 2.43. The van der Waals surface area contributed by atoms with Crippen LogP contribution in [0.25, 0.3) is 22.2 Å². The quantitative estimate of drug-likeness (QED) is 0.614. The van der Waals surface area contributed by atoms with E-state index in [1.165, 1.54) is 25.7 Å². The lowest BCUT2D eigenvalue weighted by Crippen LogP contribution is -2.32. The summed E-state index contributed by atoms with van der Waals surface area (Å²) in [7, 11) is 6.27. The molecule has 2 aliphatic carbocycles. The molecule has 3 N–H and O–H groups in total. The topological polar surface area (TPSA) is 101 Å². The van der Waals surface area contributed by atoms with Crippen molar-refractivity contribution < 1.29 is 0 Å². The van der Waals surface area contributed by atoms with Crippen LogP contribution in [0.5, 0.6) is 0 Å². The predicted octanol–water partition coefficient (Wildman–Crippen LogP) is 2.21. The minimum absolute atomic E-state index is 0.0247. The zero-order valence-corrected chi connectivity index (χ0v) is 19.1. The summed E-state index contributed by atoms with van der Waals surface area (Å²) in [5, 5.41) is 12.6. The molecule has 4 heterocycles. The zero-order chi connectivity index (χ0) is 22.1. The molecule has 3 aromatic rings. The Morgan fingerprint density at radius 1 is 1.19 bits per heavy atom. The number of aromatic nitrogens is 5. The molecular formula is C23H32N8O. The lowest BCUT2D eigenvalue weighted by atomic mass is 10.0. The van der Waals surface area contributed by atoms with Crippen molar-refractivity contribution in [1.29, 1.82) is 0 Å². The van der Waals surface area contributed by atoms with Gasteiger partial charge in [0.1, 0.15) is 11.2 Å². The first-order valence-corrected chi connectivity index (χ1v) is 11.8. The van der Waals surface area contributed by atoms with Crippen LogP contribution in [0.3, 0.4) is 0 Å². The monoisotopic (exact) mass is 436 g/mol. The van der Waals surface area contributed by atoms with E-state index in [0.717, 1.165) is 36.6 Å². The van der Waals surface area contributed by atoms with Gasteiger partial charge in [0.05, 0.1) is 11.2 Å². The highest BCUT2D eigenvalue weighted by atomic mass is 16.1. The molecule has 3 aromatic heterocycles. The third-order valence-corrected chi connectivity index (χ3v) is 7.66. The number of nitrogens with zero attached hydrogens (tertiary/aromatic N) is 6. The van der Waals surface area contributed by atoms with Crippen LogP contribution in [0, 0.1) is 11.8 Å². The molecule has 3 fully saturated rings. The molecule has 0 spiro atoms. The summed E-state index contributed by atoms with van der Waals surface area (Å²) in [5.41, 5.74) is 8.58. The van der Waals surface area contributed by atoms with Crippen molar-refractivity contribution in [2.45, 2.75) is 44.2 Å². The first-order chi connectivity index (χ1) is 15.4. The third-order valence-electron chi connectivity index (χ3n) is 7.66. The van der Waals surface area contributed by atoms with Crippen molar-refractivity contribution in [3.63, 3.8) is 0 Å². The number of fused-ring (bicyclic) bond motifs is 1. The van der Waals surface area contributed by atoms with E-state index in [9.17, 15) is 4.79 Å². The second-order valence-electron chi connectivity index (χ2n) is 10.1. The number of aromatic amines is 1. The van der Waals surface area contributed by atoms with Gasteiger partial charge in [-0.3, -0.25) is 14.6 Å². The van der Waals surface area contributed by atoms with Crippen molar-refractivity contribution in [2.75, 3.05) is 37.8 Å². The van der Waals surface area contributed by atoms with E-state index in [1.807, 2.05) is 22.5 Å². The van der Waals surface area contributed by atoms with Crippen molar-refractivity contribution >= 4 is 22.5 Å². The Labute approximate surface area is 187 Å². The van der Waals surface area contributed by atoms with E-state index in [0.29, 0.717) is 28.8 Å². The molecule has 0 amide bonds. The summed E-state index contributed by atoms with van der Waals surface area (Å²) in [6, 6.07) is 2.96. The first-order valence-electron chi connectivity index (χ1n) is 11.8.